The van der Waals surface area contributed by atoms with Crippen molar-refractivity contribution in [3.63, 3.8) is 0 Å². The van der Waals surface area contributed by atoms with Crippen molar-refractivity contribution in [3.05, 3.63) is 53.4 Å². The molecule has 0 atom stereocenters. The van der Waals surface area contributed by atoms with Crippen molar-refractivity contribution in [2.45, 2.75) is 13.8 Å². The van der Waals surface area contributed by atoms with Crippen LogP contribution in [-0.2, 0) is 19.1 Å². The average Bonchev–Trinajstić information content (AvgIpc) is 2.44. The number of halogens is 1. The normalized spacial score (nSPS) is 10.4. The fourth-order valence-corrected chi connectivity index (χ4v) is 1.41. The summed E-state index contributed by atoms with van der Waals surface area (Å²) in [5.74, 6) is -1.46. The van der Waals surface area contributed by atoms with Gasteiger partial charge in [0.1, 0.15) is 19.0 Å². The van der Waals surface area contributed by atoms with E-state index in [0.717, 1.165) is 0 Å². The van der Waals surface area contributed by atoms with Gasteiger partial charge in [0.25, 0.3) is 0 Å². The standard InChI is InChI=1S/C16H17FO4/c1-11(2)16(19)21-10-9-20-15(18)8-7-13-5-4-6-14(17)12(13)3/h4-8H,1,9-10H2,2-3H3/b8-7+. The number of carbonyl (C=O) groups excluding carboxylic acids is 2. The molecule has 21 heavy (non-hydrogen) atoms. The van der Waals surface area contributed by atoms with Crippen molar-refractivity contribution in [2.75, 3.05) is 13.2 Å². The Bertz CT molecular complexity index is 576. The number of hydrogen-bond donors (Lipinski definition) is 0. The first-order chi connectivity index (χ1) is 9.91. The van der Waals surface area contributed by atoms with E-state index in [-0.39, 0.29) is 24.6 Å². The maximum atomic E-state index is 13.3. The van der Waals surface area contributed by atoms with Crippen LogP contribution in [0.4, 0.5) is 4.39 Å². The fraction of sp³-hybridized carbons (Fsp3) is 0.250. The van der Waals surface area contributed by atoms with E-state index in [4.69, 9.17) is 9.47 Å². The molecule has 0 aliphatic carbocycles. The predicted molar refractivity (Wildman–Crippen MR) is 76.9 cm³/mol. The first-order valence-electron chi connectivity index (χ1n) is 6.34. The van der Waals surface area contributed by atoms with Gasteiger partial charge in [-0.05, 0) is 37.1 Å². The summed E-state index contributed by atoms with van der Waals surface area (Å²) in [5, 5.41) is 0. The highest BCUT2D eigenvalue weighted by Gasteiger charge is 2.04. The molecule has 0 saturated heterocycles. The number of hydrogen-bond acceptors (Lipinski definition) is 4. The van der Waals surface area contributed by atoms with E-state index in [1.807, 2.05) is 0 Å². The summed E-state index contributed by atoms with van der Waals surface area (Å²) >= 11 is 0. The quantitative estimate of drug-likeness (QED) is 0.459. The average molecular weight is 292 g/mol. The first-order valence-corrected chi connectivity index (χ1v) is 6.34. The summed E-state index contributed by atoms with van der Waals surface area (Å²) < 4.78 is 22.9. The molecule has 0 heterocycles. The Labute approximate surface area is 122 Å². The molecule has 0 aliphatic rings. The molecule has 0 unspecified atom stereocenters. The number of ether oxygens (including phenoxy) is 2. The molecule has 0 bridgehead atoms. The van der Waals surface area contributed by atoms with Crippen LogP contribution < -0.4 is 0 Å². The fourth-order valence-electron chi connectivity index (χ4n) is 1.41. The molecule has 5 heteroatoms. The van der Waals surface area contributed by atoms with Gasteiger partial charge in [-0.25, -0.2) is 14.0 Å². The van der Waals surface area contributed by atoms with Gasteiger partial charge in [-0.15, -0.1) is 0 Å². The van der Waals surface area contributed by atoms with E-state index in [0.29, 0.717) is 11.1 Å². The van der Waals surface area contributed by atoms with E-state index in [2.05, 4.69) is 6.58 Å². The lowest BCUT2D eigenvalue weighted by molar-refractivity contribution is -0.146. The predicted octanol–water partition coefficient (Wildman–Crippen LogP) is 2.81. The Balaban J connectivity index is 2.40. The summed E-state index contributed by atoms with van der Waals surface area (Å²) in [5.41, 5.74) is 1.33. The number of benzene rings is 1. The SMILES string of the molecule is C=C(C)C(=O)OCCOC(=O)/C=C/c1cccc(F)c1C. The zero-order chi connectivity index (χ0) is 15.8. The highest BCUT2D eigenvalue weighted by atomic mass is 19.1. The largest absolute Gasteiger partial charge is 0.459 e. The molecule has 0 spiro atoms. The molecule has 0 saturated carbocycles. The Hall–Kier alpha value is -2.43. The molecule has 4 nitrogen and oxygen atoms in total. The zero-order valence-corrected chi connectivity index (χ0v) is 12.0. The van der Waals surface area contributed by atoms with Crippen LogP contribution in [0.5, 0.6) is 0 Å². The molecular weight excluding hydrogens is 275 g/mol. The summed E-state index contributed by atoms with van der Waals surface area (Å²) in [4.78, 5) is 22.5. The van der Waals surface area contributed by atoms with Crippen molar-refractivity contribution in [1.82, 2.24) is 0 Å². The lowest BCUT2D eigenvalue weighted by atomic mass is 10.1. The molecule has 1 aromatic rings. The Kier molecular flexibility index (Phi) is 6.33. The van der Waals surface area contributed by atoms with Crippen LogP contribution in [0.15, 0.2) is 36.4 Å². The van der Waals surface area contributed by atoms with Crippen molar-refractivity contribution in [3.8, 4) is 0 Å². The lowest BCUT2D eigenvalue weighted by Gasteiger charge is -2.04. The molecule has 0 fully saturated rings. The Morgan fingerprint density at radius 3 is 2.62 bits per heavy atom. The van der Waals surface area contributed by atoms with Crippen LogP contribution in [0.25, 0.3) is 6.08 Å². The van der Waals surface area contributed by atoms with Crippen LogP contribution in [0.3, 0.4) is 0 Å². The van der Waals surface area contributed by atoms with Gasteiger partial charge in [-0.3, -0.25) is 0 Å². The van der Waals surface area contributed by atoms with Gasteiger partial charge in [0.15, 0.2) is 0 Å². The van der Waals surface area contributed by atoms with Crippen LogP contribution in [0.1, 0.15) is 18.1 Å². The molecule has 112 valence electrons. The van der Waals surface area contributed by atoms with E-state index in [1.165, 1.54) is 25.1 Å². The third-order valence-electron chi connectivity index (χ3n) is 2.62. The van der Waals surface area contributed by atoms with Crippen LogP contribution in [0.2, 0.25) is 0 Å². The topological polar surface area (TPSA) is 52.6 Å². The maximum absolute atomic E-state index is 13.3. The number of rotatable bonds is 6. The molecule has 1 aromatic carbocycles. The van der Waals surface area contributed by atoms with Crippen molar-refractivity contribution < 1.29 is 23.5 Å². The minimum Gasteiger partial charge on any atom is -0.459 e. The van der Waals surface area contributed by atoms with E-state index in [9.17, 15) is 14.0 Å². The molecule has 0 aromatic heterocycles. The molecule has 0 aliphatic heterocycles. The molecule has 1 rings (SSSR count). The first kappa shape index (κ1) is 16.6. The zero-order valence-electron chi connectivity index (χ0n) is 12.0. The summed E-state index contributed by atoms with van der Waals surface area (Å²) in [6.45, 7) is 6.48. The Morgan fingerprint density at radius 2 is 1.95 bits per heavy atom. The second-order valence-corrected chi connectivity index (χ2v) is 4.37. The monoisotopic (exact) mass is 292 g/mol. The van der Waals surface area contributed by atoms with Crippen molar-refractivity contribution in [1.29, 1.82) is 0 Å². The van der Waals surface area contributed by atoms with Gasteiger partial charge in [0.2, 0.25) is 0 Å². The lowest BCUT2D eigenvalue weighted by Crippen LogP contribution is -2.13. The van der Waals surface area contributed by atoms with Crippen LogP contribution in [-0.4, -0.2) is 25.2 Å². The van der Waals surface area contributed by atoms with Gasteiger partial charge in [-0.2, -0.15) is 0 Å². The Morgan fingerprint density at radius 1 is 1.29 bits per heavy atom. The third-order valence-corrected chi connectivity index (χ3v) is 2.62. The van der Waals surface area contributed by atoms with Gasteiger partial charge in [0, 0.05) is 11.6 Å². The van der Waals surface area contributed by atoms with Crippen LogP contribution in [0, 0.1) is 12.7 Å². The minimum absolute atomic E-state index is 0.0374. The van der Waals surface area contributed by atoms with E-state index in [1.54, 1.807) is 19.1 Å². The van der Waals surface area contributed by atoms with Crippen molar-refractivity contribution in [2.24, 2.45) is 0 Å². The van der Waals surface area contributed by atoms with Crippen molar-refractivity contribution >= 4 is 18.0 Å². The summed E-state index contributed by atoms with van der Waals surface area (Å²) in [6.07, 6.45) is 2.67. The third kappa shape index (κ3) is 5.60. The highest BCUT2D eigenvalue weighted by molar-refractivity contribution is 5.87. The van der Waals surface area contributed by atoms with Crippen LogP contribution >= 0.6 is 0 Å². The number of carbonyl (C=O) groups is 2. The molecule has 0 radical (unpaired) electrons. The summed E-state index contributed by atoms with van der Waals surface area (Å²) in [7, 11) is 0. The van der Waals surface area contributed by atoms with Gasteiger partial charge in [-0.1, -0.05) is 18.7 Å². The molecular formula is C16H17FO4. The second kappa shape index (κ2) is 7.99. The maximum Gasteiger partial charge on any atom is 0.333 e. The summed E-state index contributed by atoms with van der Waals surface area (Å²) in [6, 6.07) is 4.60. The van der Waals surface area contributed by atoms with Gasteiger partial charge in [0.05, 0.1) is 0 Å². The van der Waals surface area contributed by atoms with Gasteiger partial charge < -0.3 is 9.47 Å². The minimum atomic E-state index is -0.593. The highest BCUT2D eigenvalue weighted by Crippen LogP contribution is 2.13. The second-order valence-electron chi connectivity index (χ2n) is 4.37. The molecule has 0 amide bonds. The van der Waals surface area contributed by atoms with Gasteiger partial charge >= 0.3 is 11.9 Å². The van der Waals surface area contributed by atoms with E-state index < -0.39 is 11.9 Å². The smallest absolute Gasteiger partial charge is 0.333 e. The number of esters is 2. The van der Waals surface area contributed by atoms with E-state index >= 15 is 0 Å². The molecule has 0 N–H and O–H groups in total.